The molecule has 112 valence electrons. The smallest absolute Gasteiger partial charge is 0.373 e. The molecule has 0 amide bonds. The van der Waals surface area contributed by atoms with Gasteiger partial charge in [-0.25, -0.2) is 4.79 Å². The highest BCUT2D eigenvalue weighted by molar-refractivity contribution is 5.86. The summed E-state index contributed by atoms with van der Waals surface area (Å²) < 4.78 is 10.1. The third kappa shape index (κ3) is 3.61. The van der Waals surface area contributed by atoms with Gasteiger partial charge in [0.1, 0.15) is 5.76 Å². The predicted molar refractivity (Wildman–Crippen MR) is 74.4 cm³/mol. The summed E-state index contributed by atoms with van der Waals surface area (Å²) in [6.07, 6.45) is 4.06. The zero-order valence-corrected chi connectivity index (χ0v) is 12.1. The standard InChI is InChI=1S/C15H23NO4/c1-10(13-7-8-14(20-13)15(18)19-2)16-9-11-5-3-4-6-12(11)17/h7-8,10-12,16-17H,3-6,9H2,1-2H3. The SMILES string of the molecule is COC(=O)c1ccc(C(C)NCC2CCCCC2O)o1. The van der Waals surface area contributed by atoms with E-state index in [9.17, 15) is 9.90 Å². The number of nitrogens with one attached hydrogen (secondary N) is 1. The zero-order valence-electron chi connectivity index (χ0n) is 12.1. The van der Waals surface area contributed by atoms with Crippen LogP contribution in [0, 0.1) is 5.92 Å². The number of aliphatic hydroxyl groups is 1. The highest BCUT2D eigenvalue weighted by Gasteiger charge is 2.24. The summed E-state index contributed by atoms with van der Waals surface area (Å²) >= 11 is 0. The minimum atomic E-state index is -0.467. The maximum atomic E-state index is 11.3. The van der Waals surface area contributed by atoms with E-state index in [1.807, 2.05) is 6.92 Å². The van der Waals surface area contributed by atoms with Gasteiger partial charge in [0.25, 0.3) is 0 Å². The number of rotatable bonds is 5. The van der Waals surface area contributed by atoms with Crippen LogP contribution in [0.1, 0.15) is 55.0 Å². The van der Waals surface area contributed by atoms with Crippen molar-refractivity contribution in [1.82, 2.24) is 5.32 Å². The quantitative estimate of drug-likeness (QED) is 0.810. The number of carbonyl (C=O) groups excluding carboxylic acids is 1. The molecule has 5 heteroatoms. The van der Waals surface area contributed by atoms with Gasteiger partial charge in [-0.3, -0.25) is 0 Å². The molecule has 0 aromatic carbocycles. The molecule has 0 aliphatic heterocycles. The van der Waals surface area contributed by atoms with Gasteiger partial charge in [0, 0.05) is 6.54 Å². The minimum Gasteiger partial charge on any atom is -0.463 e. The lowest BCUT2D eigenvalue weighted by Crippen LogP contribution is -2.34. The van der Waals surface area contributed by atoms with Crippen LogP contribution >= 0.6 is 0 Å². The number of esters is 1. The Morgan fingerprint density at radius 1 is 1.50 bits per heavy atom. The monoisotopic (exact) mass is 281 g/mol. The Morgan fingerprint density at radius 2 is 2.25 bits per heavy atom. The lowest BCUT2D eigenvalue weighted by Gasteiger charge is -2.28. The van der Waals surface area contributed by atoms with E-state index in [1.54, 1.807) is 12.1 Å². The molecule has 1 aliphatic carbocycles. The summed E-state index contributed by atoms with van der Waals surface area (Å²) in [6.45, 7) is 2.74. The molecule has 1 aromatic rings. The molecule has 3 unspecified atom stereocenters. The Balaban J connectivity index is 1.86. The van der Waals surface area contributed by atoms with Gasteiger partial charge in [-0.1, -0.05) is 12.8 Å². The van der Waals surface area contributed by atoms with Crippen LogP contribution in [0.25, 0.3) is 0 Å². The lowest BCUT2D eigenvalue weighted by molar-refractivity contribution is 0.0561. The molecule has 0 bridgehead atoms. The minimum absolute atomic E-state index is 0.00235. The van der Waals surface area contributed by atoms with Gasteiger partial charge < -0.3 is 19.6 Å². The number of furan rings is 1. The van der Waals surface area contributed by atoms with E-state index in [-0.39, 0.29) is 17.9 Å². The third-order valence-electron chi connectivity index (χ3n) is 4.00. The van der Waals surface area contributed by atoms with Crippen LogP contribution in [-0.4, -0.2) is 30.8 Å². The summed E-state index contributed by atoms with van der Waals surface area (Å²) in [6, 6.07) is 3.40. The van der Waals surface area contributed by atoms with Crippen molar-refractivity contribution in [1.29, 1.82) is 0 Å². The molecule has 20 heavy (non-hydrogen) atoms. The number of hydrogen-bond donors (Lipinski definition) is 2. The highest BCUT2D eigenvalue weighted by atomic mass is 16.5. The van der Waals surface area contributed by atoms with Crippen molar-refractivity contribution in [2.24, 2.45) is 5.92 Å². The molecule has 0 saturated heterocycles. The molecule has 0 radical (unpaired) electrons. The number of aliphatic hydroxyl groups excluding tert-OH is 1. The van der Waals surface area contributed by atoms with E-state index in [0.29, 0.717) is 11.7 Å². The molecule has 3 atom stereocenters. The lowest BCUT2D eigenvalue weighted by atomic mass is 9.86. The second-order valence-corrected chi connectivity index (χ2v) is 5.44. The molecule has 5 nitrogen and oxygen atoms in total. The maximum absolute atomic E-state index is 11.3. The Kier molecular flexibility index (Phi) is 5.20. The first-order chi connectivity index (χ1) is 9.61. The van der Waals surface area contributed by atoms with Crippen LogP contribution in [0.3, 0.4) is 0 Å². The summed E-state index contributed by atoms with van der Waals surface area (Å²) in [5.74, 6) is 0.761. The van der Waals surface area contributed by atoms with Gasteiger partial charge >= 0.3 is 5.97 Å². The van der Waals surface area contributed by atoms with Crippen LogP contribution < -0.4 is 5.32 Å². The van der Waals surface area contributed by atoms with Crippen molar-refractivity contribution >= 4 is 5.97 Å². The average Bonchev–Trinajstić information content (AvgIpc) is 2.95. The Morgan fingerprint density at radius 3 is 2.95 bits per heavy atom. The summed E-state index contributed by atoms with van der Waals surface area (Å²) in [7, 11) is 1.33. The van der Waals surface area contributed by atoms with Gasteiger partial charge in [0.2, 0.25) is 5.76 Å². The molecule has 0 spiro atoms. The van der Waals surface area contributed by atoms with E-state index in [2.05, 4.69) is 10.1 Å². The van der Waals surface area contributed by atoms with Crippen molar-refractivity contribution in [2.75, 3.05) is 13.7 Å². The van der Waals surface area contributed by atoms with Crippen LogP contribution in [0.5, 0.6) is 0 Å². The molecular weight excluding hydrogens is 258 g/mol. The molecule has 1 aliphatic rings. The van der Waals surface area contributed by atoms with Crippen LogP contribution in [0.4, 0.5) is 0 Å². The highest BCUT2D eigenvalue weighted by Crippen LogP contribution is 2.25. The first-order valence-electron chi connectivity index (χ1n) is 7.21. The molecule has 2 N–H and O–H groups in total. The number of carbonyl (C=O) groups is 1. The van der Waals surface area contributed by atoms with Crippen LogP contribution in [-0.2, 0) is 4.74 Å². The fraction of sp³-hybridized carbons (Fsp3) is 0.667. The first-order valence-corrected chi connectivity index (χ1v) is 7.21. The predicted octanol–water partition coefficient (Wildman–Crippen LogP) is 2.27. The first kappa shape index (κ1) is 15.1. The van der Waals surface area contributed by atoms with Gasteiger partial charge in [-0.15, -0.1) is 0 Å². The van der Waals surface area contributed by atoms with Crippen LogP contribution in [0.2, 0.25) is 0 Å². The molecular formula is C15H23NO4. The van der Waals surface area contributed by atoms with Gasteiger partial charge in [0.05, 0.1) is 19.3 Å². The van der Waals surface area contributed by atoms with E-state index in [0.717, 1.165) is 25.8 Å². The van der Waals surface area contributed by atoms with Gasteiger partial charge in [0.15, 0.2) is 0 Å². The molecule has 1 fully saturated rings. The molecule has 1 aromatic heterocycles. The number of hydrogen-bond acceptors (Lipinski definition) is 5. The van der Waals surface area contributed by atoms with Crippen molar-refractivity contribution in [3.8, 4) is 0 Å². The Labute approximate surface area is 119 Å². The average molecular weight is 281 g/mol. The number of methoxy groups -OCH3 is 1. The third-order valence-corrected chi connectivity index (χ3v) is 4.00. The van der Waals surface area contributed by atoms with Gasteiger partial charge in [-0.2, -0.15) is 0 Å². The summed E-state index contributed by atoms with van der Waals surface area (Å²) in [4.78, 5) is 11.3. The van der Waals surface area contributed by atoms with Crippen molar-refractivity contribution in [2.45, 2.75) is 44.8 Å². The normalized spacial score (nSPS) is 24.4. The van der Waals surface area contributed by atoms with Crippen molar-refractivity contribution in [3.05, 3.63) is 23.7 Å². The molecule has 1 heterocycles. The van der Waals surface area contributed by atoms with E-state index in [1.165, 1.54) is 13.5 Å². The van der Waals surface area contributed by atoms with Crippen molar-refractivity contribution < 1.29 is 19.1 Å². The van der Waals surface area contributed by atoms with Crippen molar-refractivity contribution in [3.63, 3.8) is 0 Å². The Hall–Kier alpha value is -1.33. The molecule has 2 rings (SSSR count). The largest absolute Gasteiger partial charge is 0.463 e. The fourth-order valence-electron chi connectivity index (χ4n) is 2.65. The van der Waals surface area contributed by atoms with Crippen LogP contribution in [0.15, 0.2) is 16.5 Å². The summed E-state index contributed by atoms with van der Waals surface area (Å²) in [5, 5.41) is 13.3. The second kappa shape index (κ2) is 6.90. The van der Waals surface area contributed by atoms with E-state index >= 15 is 0 Å². The zero-order chi connectivity index (χ0) is 14.5. The Bertz CT molecular complexity index is 443. The van der Waals surface area contributed by atoms with E-state index < -0.39 is 5.97 Å². The maximum Gasteiger partial charge on any atom is 0.373 e. The summed E-state index contributed by atoms with van der Waals surface area (Å²) in [5.41, 5.74) is 0. The molecule has 1 saturated carbocycles. The number of ether oxygens (including phenoxy) is 1. The topological polar surface area (TPSA) is 71.7 Å². The van der Waals surface area contributed by atoms with E-state index in [4.69, 9.17) is 4.42 Å². The fourth-order valence-corrected chi connectivity index (χ4v) is 2.65. The van der Waals surface area contributed by atoms with Gasteiger partial charge in [-0.05, 0) is 37.8 Å². The second-order valence-electron chi connectivity index (χ2n) is 5.44.